The normalized spacial score (nSPS) is 13.5. The number of para-hydroxylation sites is 1. The number of likely N-dealkylation sites (N-methyl/N-ethyl adjacent to an activating group) is 1. The number of esters is 1. The molecule has 0 radical (unpaired) electrons. The van der Waals surface area contributed by atoms with E-state index in [-0.39, 0.29) is 6.61 Å². The fourth-order valence-corrected chi connectivity index (χ4v) is 3.63. The number of anilines is 1. The summed E-state index contributed by atoms with van der Waals surface area (Å²) in [4.78, 5) is 32.2. The first-order valence-corrected chi connectivity index (χ1v) is 9.75. The predicted molar refractivity (Wildman–Crippen MR) is 114 cm³/mol. The molecule has 2 heterocycles. The van der Waals surface area contributed by atoms with Gasteiger partial charge in [0.05, 0.1) is 18.2 Å². The van der Waals surface area contributed by atoms with E-state index in [4.69, 9.17) is 14.5 Å². The Labute approximate surface area is 174 Å². The number of nitrogens with one attached hydrogen (secondary N) is 1. The van der Waals surface area contributed by atoms with Crippen LogP contribution in [0.1, 0.15) is 21.6 Å². The molecule has 0 bridgehead atoms. The van der Waals surface area contributed by atoms with Gasteiger partial charge in [-0.25, -0.2) is 4.79 Å². The largest absolute Gasteiger partial charge is 0.497 e. The molecule has 0 saturated heterocycles. The number of ether oxygens (including phenoxy) is 2. The Morgan fingerprint density at radius 2 is 1.90 bits per heavy atom. The molecule has 0 spiro atoms. The van der Waals surface area contributed by atoms with Gasteiger partial charge in [-0.3, -0.25) is 9.78 Å². The molecule has 0 atom stereocenters. The first-order chi connectivity index (χ1) is 14.5. The fraction of sp³-hybridized carbons (Fsp3) is 0.261. The first-order valence-electron chi connectivity index (χ1n) is 9.75. The van der Waals surface area contributed by atoms with E-state index in [0.29, 0.717) is 23.5 Å². The van der Waals surface area contributed by atoms with Crippen LogP contribution in [0.3, 0.4) is 0 Å². The number of aromatic nitrogens is 1. The van der Waals surface area contributed by atoms with Gasteiger partial charge in [-0.2, -0.15) is 0 Å². The van der Waals surface area contributed by atoms with Crippen LogP contribution in [0.15, 0.2) is 48.5 Å². The summed E-state index contributed by atoms with van der Waals surface area (Å²) in [7, 11) is 3.59. The van der Waals surface area contributed by atoms with Gasteiger partial charge in [-0.1, -0.05) is 18.2 Å². The van der Waals surface area contributed by atoms with E-state index >= 15 is 0 Å². The van der Waals surface area contributed by atoms with Crippen molar-refractivity contribution < 1.29 is 19.1 Å². The minimum atomic E-state index is -0.509. The number of carbonyl (C=O) groups excluding carboxylic acids is 2. The van der Waals surface area contributed by atoms with Crippen LogP contribution in [0, 0.1) is 0 Å². The van der Waals surface area contributed by atoms with Crippen molar-refractivity contribution >= 4 is 28.5 Å². The van der Waals surface area contributed by atoms with E-state index in [1.807, 2.05) is 31.3 Å². The molecule has 1 amide bonds. The van der Waals surface area contributed by atoms with Crippen molar-refractivity contribution in [2.45, 2.75) is 13.0 Å². The number of hydrogen-bond donors (Lipinski definition) is 1. The highest BCUT2D eigenvalue weighted by molar-refractivity contribution is 6.06. The molecule has 0 aliphatic carbocycles. The lowest BCUT2D eigenvalue weighted by Gasteiger charge is -2.26. The monoisotopic (exact) mass is 405 g/mol. The van der Waals surface area contributed by atoms with Crippen molar-refractivity contribution in [3.8, 4) is 5.75 Å². The molecule has 0 saturated carbocycles. The number of hydrogen-bond acceptors (Lipinski definition) is 6. The van der Waals surface area contributed by atoms with Crippen LogP contribution in [-0.2, 0) is 22.5 Å². The number of nitrogens with zero attached hydrogens (tertiary/aromatic N) is 2. The molecule has 7 heteroatoms. The van der Waals surface area contributed by atoms with Crippen molar-refractivity contribution in [2.24, 2.45) is 0 Å². The third kappa shape index (κ3) is 4.11. The van der Waals surface area contributed by atoms with Crippen LogP contribution < -0.4 is 10.1 Å². The average Bonchev–Trinajstić information content (AvgIpc) is 2.76. The van der Waals surface area contributed by atoms with Crippen LogP contribution in [-0.4, -0.2) is 49.1 Å². The van der Waals surface area contributed by atoms with Gasteiger partial charge >= 0.3 is 5.97 Å². The molecule has 2 aromatic carbocycles. The van der Waals surface area contributed by atoms with Crippen molar-refractivity contribution in [2.75, 3.05) is 32.6 Å². The summed E-state index contributed by atoms with van der Waals surface area (Å²) in [6.07, 6.45) is 0.773. The predicted octanol–water partition coefficient (Wildman–Crippen LogP) is 3.03. The van der Waals surface area contributed by atoms with Gasteiger partial charge in [0.25, 0.3) is 5.91 Å². The van der Waals surface area contributed by atoms with Crippen LogP contribution >= 0.6 is 0 Å². The molecule has 1 aliphatic heterocycles. The highest BCUT2D eigenvalue weighted by Gasteiger charge is 2.25. The van der Waals surface area contributed by atoms with Gasteiger partial charge < -0.3 is 19.7 Å². The van der Waals surface area contributed by atoms with Crippen LogP contribution in [0.25, 0.3) is 10.9 Å². The van der Waals surface area contributed by atoms with Crippen LogP contribution in [0.2, 0.25) is 0 Å². The maximum absolute atomic E-state index is 13.0. The maximum Gasteiger partial charge on any atom is 0.339 e. The van der Waals surface area contributed by atoms with Gasteiger partial charge in [0.2, 0.25) is 0 Å². The lowest BCUT2D eigenvalue weighted by molar-refractivity contribution is -0.119. The van der Waals surface area contributed by atoms with Gasteiger partial charge in [0, 0.05) is 41.8 Å². The molecule has 0 unspecified atom stereocenters. The van der Waals surface area contributed by atoms with Crippen molar-refractivity contribution in [1.82, 2.24) is 9.88 Å². The Hall–Kier alpha value is -3.45. The summed E-state index contributed by atoms with van der Waals surface area (Å²) in [6.45, 7) is 1.14. The molecule has 4 rings (SSSR count). The number of fused-ring (bicyclic) bond motifs is 2. The first kappa shape index (κ1) is 19.8. The van der Waals surface area contributed by atoms with Crippen molar-refractivity contribution in [3.05, 3.63) is 65.4 Å². The van der Waals surface area contributed by atoms with E-state index in [9.17, 15) is 9.59 Å². The lowest BCUT2D eigenvalue weighted by Crippen LogP contribution is -2.30. The third-order valence-corrected chi connectivity index (χ3v) is 5.15. The summed E-state index contributed by atoms with van der Waals surface area (Å²) in [5.74, 6) is -0.221. The third-order valence-electron chi connectivity index (χ3n) is 5.15. The summed E-state index contributed by atoms with van der Waals surface area (Å²) in [6, 6.07) is 14.5. The van der Waals surface area contributed by atoms with Crippen molar-refractivity contribution in [3.63, 3.8) is 0 Å². The van der Waals surface area contributed by atoms with Gasteiger partial charge in [-0.15, -0.1) is 0 Å². The number of methoxy groups -OCH3 is 1. The molecular weight excluding hydrogens is 382 g/mol. The number of pyridine rings is 1. The Bertz CT molecular complexity index is 1100. The topological polar surface area (TPSA) is 80.8 Å². The van der Waals surface area contributed by atoms with E-state index in [0.717, 1.165) is 35.1 Å². The molecule has 30 heavy (non-hydrogen) atoms. The zero-order chi connectivity index (χ0) is 21.1. The van der Waals surface area contributed by atoms with Crippen molar-refractivity contribution in [1.29, 1.82) is 0 Å². The summed E-state index contributed by atoms with van der Waals surface area (Å²) >= 11 is 0. The highest BCUT2D eigenvalue weighted by Crippen LogP contribution is 2.28. The second-order valence-corrected chi connectivity index (χ2v) is 7.27. The Morgan fingerprint density at radius 3 is 2.67 bits per heavy atom. The molecule has 154 valence electrons. The Kier molecular flexibility index (Phi) is 5.63. The standard InChI is InChI=1S/C23H23N3O4/c1-26-12-11-20-18(13-26)22(17-5-3-4-6-19(17)25-20)23(28)30-14-21(27)24-15-7-9-16(29-2)10-8-15/h3-10H,11-14H2,1-2H3,(H,24,27). The minimum absolute atomic E-state index is 0.369. The average molecular weight is 405 g/mol. The van der Waals surface area contributed by atoms with Gasteiger partial charge in [-0.05, 0) is 37.4 Å². The van der Waals surface area contributed by atoms with E-state index in [2.05, 4.69) is 10.2 Å². The number of carbonyl (C=O) groups is 2. The van der Waals surface area contributed by atoms with Crippen LogP contribution in [0.5, 0.6) is 5.75 Å². The molecule has 1 aliphatic rings. The second-order valence-electron chi connectivity index (χ2n) is 7.27. The number of benzene rings is 2. The Balaban J connectivity index is 1.52. The Morgan fingerprint density at radius 1 is 1.13 bits per heavy atom. The van der Waals surface area contributed by atoms with E-state index in [1.54, 1.807) is 31.4 Å². The quantitative estimate of drug-likeness (QED) is 0.658. The molecule has 3 aromatic rings. The van der Waals surface area contributed by atoms with E-state index < -0.39 is 11.9 Å². The second kappa shape index (κ2) is 8.51. The molecular formula is C23H23N3O4. The number of rotatable bonds is 5. The van der Waals surface area contributed by atoms with Crippen LogP contribution in [0.4, 0.5) is 5.69 Å². The fourth-order valence-electron chi connectivity index (χ4n) is 3.63. The summed E-state index contributed by atoms with van der Waals surface area (Å²) in [5, 5.41) is 3.46. The van der Waals surface area contributed by atoms with Gasteiger partial charge in [0.1, 0.15) is 5.75 Å². The molecule has 1 N–H and O–H groups in total. The molecule has 0 fully saturated rings. The summed E-state index contributed by atoms with van der Waals surface area (Å²) in [5.41, 5.74) is 3.66. The van der Waals surface area contributed by atoms with E-state index in [1.165, 1.54) is 0 Å². The molecule has 1 aromatic heterocycles. The lowest BCUT2D eigenvalue weighted by atomic mass is 9.96. The minimum Gasteiger partial charge on any atom is -0.497 e. The summed E-state index contributed by atoms with van der Waals surface area (Å²) < 4.78 is 10.5. The smallest absolute Gasteiger partial charge is 0.339 e. The zero-order valence-electron chi connectivity index (χ0n) is 17.0. The number of amides is 1. The zero-order valence-corrected chi connectivity index (χ0v) is 17.0. The molecule has 7 nitrogen and oxygen atoms in total. The SMILES string of the molecule is COc1ccc(NC(=O)COC(=O)c2c3c(nc4ccccc24)CCN(C)C3)cc1. The highest BCUT2D eigenvalue weighted by atomic mass is 16.5. The maximum atomic E-state index is 13.0. The van der Waals surface area contributed by atoms with Gasteiger partial charge in [0.15, 0.2) is 6.61 Å².